The standard InChI is InChI=1S/C30H48F2S/c1-6-9-10-11-23-14-16-26(28-19-22(8-3)29(33-28)24-12-13-24)27(30(31)32)17-15-25(23)18-21(5)20(4)7-2/h15,17,20-21,23-25,28,30H,6-14,16,18-19H2,1-5H3/b17-15+,27-26?/t20?,21-,23?,25?,28?/m1/s1. The van der Waals surface area contributed by atoms with E-state index in [0.717, 1.165) is 43.6 Å². The van der Waals surface area contributed by atoms with Crippen LogP contribution in [0.1, 0.15) is 112 Å². The molecule has 0 N–H and O–H groups in total. The van der Waals surface area contributed by atoms with Gasteiger partial charge in [-0.1, -0.05) is 78.0 Å². The lowest BCUT2D eigenvalue weighted by molar-refractivity contribution is 0.190. The maximum absolute atomic E-state index is 14.4. The number of unbranched alkanes of at least 4 members (excludes halogenated alkanes) is 2. The molecule has 3 heteroatoms. The molecule has 0 spiro atoms. The first-order valence-electron chi connectivity index (χ1n) is 14.0. The Morgan fingerprint density at radius 3 is 2.39 bits per heavy atom. The molecular formula is C30H48F2S. The Morgan fingerprint density at radius 2 is 1.79 bits per heavy atom. The van der Waals surface area contributed by atoms with E-state index in [9.17, 15) is 8.78 Å². The molecule has 0 aromatic heterocycles. The normalized spacial score (nSPS) is 29.4. The van der Waals surface area contributed by atoms with Crippen molar-refractivity contribution in [3.63, 3.8) is 0 Å². The van der Waals surface area contributed by atoms with Crippen LogP contribution in [0.4, 0.5) is 8.78 Å². The monoisotopic (exact) mass is 478 g/mol. The summed E-state index contributed by atoms with van der Waals surface area (Å²) in [6.45, 7) is 11.5. The molecule has 2 aliphatic carbocycles. The molecule has 0 radical (unpaired) electrons. The van der Waals surface area contributed by atoms with Gasteiger partial charge < -0.3 is 0 Å². The summed E-state index contributed by atoms with van der Waals surface area (Å²) in [5.41, 5.74) is 2.98. The van der Waals surface area contributed by atoms with E-state index < -0.39 is 6.43 Å². The van der Waals surface area contributed by atoms with Crippen LogP contribution >= 0.6 is 11.8 Å². The van der Waals surface area contributed by atoms with Crippen molar-refractivity contribution < 1.29 is 8.78 Å². The molecule has 0 amide bonds. The molecule has 3 rings (SSSR count). The zero-order valence-corrected chi connectivity index (χ0v) is 22.7. The van der Waals surface area contributed by atoms with Crippen molar-refractivity contribution in [2.45, 2.75) is 123 Å². The van der Waals surface area contributed by atoms with Gasteiger partial charge >= 0.3 is 0 Å². The van der Waals surface area contributed by atoms with E-state index in [4.69, 9.17) is 0 Å². The van der Waals surface area contributed by atoms with Crippen molar-refractivity contribution in [2.75, 3.05) is 0 Å². The highest BCUT2D eigenvalue weighted by Gasteiger charge is 2.38. The van der Waals surface area contributed by atoms with Gasteiger partial charge in [0.1, 0.15) is 0 Å². The molecule has 3 aliphatic rings. The minimum atomic E-state index is -2.36. The maximum atomic E-state index is 14.4. The number of halogens is 2. The molecule has 1 heterocycles. The lowest BCUT2D eigenvalue weighted by atomic mass is 9.74. The molecule has 5 atom stereocenters. The Kier molecular flexibility index (Phi) is 10.6. The number of hydrogen-bond acceptors (Lipinski definition) is 1. The third kappa shape index (κ3) is 7.21. The van der Waals surface area contributed by atoms with Gasteiger partial charge in [-0.3, -0.25) is 0 Å². The molecule has 0 nitrogen and oxygen atoms in total. The van der Waals surface area contributed by atoms with E-state index in [1.165, 1.54) is 44.9 Å². The van der Waals surface area contributed by atoms with Gasteiger partial charge in [-0.25, -0.2) is 8.78 Å². The molecule has 0 bridgehead atoms. The lowest BCUT2D eigenvalue weighted by Crippen LogP contribution is -2.22. The van der Waals surface area contributed by atoms with Crippen LogP contribution in [0.15, 0.2) is 33.8 Å². The second-order valence-corrected chi connectivity index (χ2v) is 12.3. The predicted molar refractivity (Wildman–Crippen MR) is 142 cm³/mol. The number of allylic oxidation sites excluding steroid dienone is 5. The summed E-state index contributed by atoms with van der Waals surface area (Å²) in [7, 11) is 0. The molecule has 1 fully saturated rings. The Hall–Kier alpha value is -0.570. The number of hydrogen-bond donors (Lipinski definition) is 0. The number of alkyl halides is 2. The quantitative estimate of drug-likeness (QED) is 0.251. The summed E-state index contributed by atoms with van der Waals surface area (Å²) in [6, 6.07) is 0. The maximum Gasteiger partial charge on any atom is 0.263 e. The van der Waals surface area contributed by atoms with E-state index >= 15 is 0 Å². The van der Waals surface area contributed by atoms with Crippen LogP contribution in [0.2, 0.25) is 0 Å². The molecule has 1 saturated carbocycles. The van der Waals surface area contributed by atoms with Gasteiger partial charge in [0.05, 0.1) is 0 Å². The summed E-state index contributed by atoms with van der Waals surface area (Å²) in [5.74, 6) is 3.13. The van der Waals surface area contributed by atoms with Crippen LogP contribution in [0.5, 0.6) is 0 Å². The van der Waals surface area contributed by atoms with E-state index in [1.54, 1.807) is 10.5 Å². The highest BCUT2D eigenvalue weighted by Crippen LogP contribution is 2.54. The minimum Gasteiger partial charge on any atom is -0.205 e. The van der Waals surface area contributed by atoms with Gasteiger partial charge in [0.15, 0.2) is 0 Å². The fourth-order valence-electron chi connectivity index (χ4n) is 5.95. The minimum absolute atomic E-state index is 0.246. The Labute approximate surface area is 207 Å². The largest absolute Gasteiger partial charge is 0.263 e. The molecule has 1 aliphatic heterocycles. The third-order valence-corrected chi connectivity index (χ3v) is 10.4. The predicted octanol–water partition coefficient (Wildman–Crippen LogP) is 10.4. The van der Waals surface area contributed by atoms with Gasteiger partial charge in [-0.15, -0.1) is 11.8 Å². The lowest BCUT2D eigenvalue weighted by Gasteiger charge is -2.32. The smallest absolute Gasteiger partial charge is 0.205 e. The molecule has 0 saturated heterocycles. The summed E-state index contributed by atoms with van der Waals surface area (Å²) >= 11 is 1.95. The van der Waals surface area contributed by atoms with Gasteiger partial charge in [-0.05, 0) is 91.4 Å². The topological polar surface area (TPSA) is 0 Å². The first kappa shape index (κ1) is 27.0. The number of thioether (sulfide) groups is 1. The average molecular weight is 479 g/mol. The summed E-state index contributed by atoms with van der Waals surface area (Å²) in [5, 5.41) is 0.246. The molecule has 0 aromatic rings. The van der Waals surface area contributed by atoms with Crippen molar-refractivity contribution in [3.8, 4) is 0 Å². The van der Waals surface area contributed by atoms with Crippen molar-refractivity contribution in [2.24, 2.45) is 29.6 Å². The van der Waals surface area contributed by atoms with Crippen molar-refractivity contribution in [3.05, 3.63) is 33.8 Å². The first-order chi connectivity index (χ1) is 15.9. The fourth-order valence-corrected chi connectivity index (χ4v) is 7.76. The number of rotatable bonds is 12. The van der Waals surface area contributed by atoms with Crippen molar-refractivity contribution in [1.82, 2.24) is 0 Å². The summed E-state index contributed by atoms with van der Waals surface area (Å²) in [6.07, 6.45) is 15.7. The first-order valence-corrected chi connectivity index (χ1v) is 14.8. The highest BCUT2D eigenvalue weighted by atomic mass is 32.2. The van der Waals surface area contributed by atoms with Gasteiger partial charge in [0, 0.05) is 10.8 Å². The van der Waals surface area contributed by atoms with E-state index in [1.807, 2.05) is 17.8 Å². The average Bonchev–Trinajstić information content (AvgIpc) is 3.55. The van der Waals surface area contributed by atoms with Gasteiger partial charge in [0.25, 0.3) is 6.43 Å². The van der Waals surface area contributed by atoms with E-state index in [-0.39, 0.29) is 5.25 Å². The van der Waals surface area contributed by atoms with Crippen LogP contribution in [-0.2, 0) is 0 Å². The SMILES string of the molecule is CCCCCC1CCC(C2CC(CC)=C(C3CC3)S2)=C(C(F)F)/C=C/C1C[C@@H](C)C(C)CC. The molecular weight excluding hydrogens is 430 g/mol. The van der Waals surface area contributed by atoms with E-state index in [0.29, 0.717) is 29.2 Å². The van der Waals surface area contributed by atoms with Gasteiger partial charge in [0.2, 0.25) is 0 Å². The second-order valence-electron chi connectivity index (χ2n) is 11.1. The fraction of sp³-hybridized carbons (Fsp3) is 0.800. The second kappa shape index (κ2) is 12.9. The van der Waals surface area contributed by atoms with Crippen LogP contribution in [0.3, 0.4) is 0 Å². The van der Waals surface area contributed by atoms with Crippen LogP contribution in [0, 0.1) is 29.6 Å². The van der Waals surface area contributed by atoms with Crippen LogP contribution in [0.25, 0.3) is 0 Å². The Bertz CT molecular complexity index is 715. The molecule has 188 valence electrons. The third-order valence-electron chi connectivity index (χ3n) is 8.77. The summed E-state index contributed by atoms with van der Waals surface area (Å²) in [4.78, 5) is 1.56. The molecule has 33 heavy (non-hydrogen) atoms. The van der Waals surface area contributed by atoms with Gasteiger partial charge in [-0.2, -0.15) is 0 Å². The van der Waals surface area contributed by atoms with Crippen molar-refractivity contribution >= 4 is 11.8 Å². The summed E-state index contributed by atoms with van der Waals surface area (Å²) < 4.78 is 28.7. The zero-order chi connectivity index (χ0) is 24.0. The van der Waals surface area contributed by atoms with Crippen LogP contribution in [-0.4, -0.2) is 11.7 Å². The van der Waals surface area contributed by atoms with Crippen LogP contribution < -0.4 is 0 Å². The Balaban J connectivity index is 1.84. The zero-order valence-electron chi connectivity index (χ0n) is 21.8. The highest BCUT2D eigenvalue weighted by molar-refractivity contribution is 8.04. The Morgan fingerprint density at radius 1 is 1.03 bits per heavy atom. The molecule has 0 aromatic carbocycles. The molecule has 4 unspecified atom stereocenters. The van der Waals surface area contributed by atoms with E-state index in [2.05, 4.69) is 40.7 Å². The van der Waals surface area contributed by atoms with Crippen molar-refractivity contribution in [1.29, 1.82) is 0 Å².